The summed E-state index contributed by atoms with van der Waals surface area (Å²) in [6, 6.07) is 0. The normalized spacial score (nSPS) is 23.8. The number of ether oxygens (including phenoxy) is 1. The Bertz CT molecular complexity index is 595. The Labute approximate surface area is 143 Å². The first-order valence-corrected chi connectivity index (χ1v) is 9.27. The Kier molecular flexibility index (Phi) is 4.45. The summed E-state index contributed by atoms with van der Waals surface area (Å²) in [5.41, 5.74) is 1.71. The molecular formula is C18H28N4O2. The molecule has 3 aliphatic rings. The van der Waals surface area contributed by atoms with Gasteiger partial charge in [-0.05, 0) is 39.0 Å². The Morgan fingerprint density at radius 3 is 2.79 bits per heavy atom. The average molecular weight is 332 g/mol. The lowest BCUT2D eigenvalue weighted by Gasteiger charge is -2.34. The van der Waals surface area contributed by atoms with Gasteiger partial charge in [0.15, 0.2) is 0 Å². The van der Waals surface area contributed by atoms with Crippen LogP contribution in [-0.4, -0.2) is 65.0 Å². The van der Waals surface area contributed by atoms with Gasteiger partial charge < -0.3 is 15.2 Å². The summed E-state index contributed by atoms with van der Waals surface area (Å²) in [6.45, 7) is 6.37. The zero-order valence-corrected chi connectivity index (χ0v) is 14.6. The molecule has 2 aliphatic carbocycles. The maximum Gasteiger partial charge on any atom is 0.134 e. The molecule has 6 heteroatoms. The number of aryl methyl sites for hydroxylation is 1. The number of hydrogen-bond acceptors (Lipinski definition) is 6. The predicted octanol–water partition coefficient (Wildman–Crippen LogP) is 1.34. The van der Waals surface area contributed by atoms with Crippen LogP contribution in [0.25, 0.3) is 0 Å². The summed E-state index contributed by atoms with van der Waals surface area (Å²) in [5.74, 6) is 2.53. The number of rotatable bonds is 6. The van der Waals surface area contributed by atoms with E-state index in [9.17, 15) is 5.11 Å². The molecule has 0 amide bonds. The number of fused-ring (bicyclic) bond motifs is 1. The molecule has 1 aliphatic heterocycles. The van der Waals surface area contributed by atoms with Gasteiger partial charge in [-0.1, -0.05) is 0 Å². The molecule has 0 unspecified atom stereocenters. The Morgan fingerprint density at radius 2 is 2.04 bits per heavy atom. The van der Waals surface area contributed by atoms with Gasteiger partial charge >= 0.3 is 0 Å². The molecule has 132 valence electrons. The summed E-state index contributed by atoms with van der Waals surface area (Å²) < 4.78 is 5.38. The molecule has 2 N–H and O–H groups in total. The minimum absolute atomic E-state index is 0.512. The van der Waals surface area contributed by atoms with Crippen LogP contribution < -0.4 is 5.32 Å². The van der Waals surface area contributed by atoms with Gasteiger partial charge in [0, 0.05) is 43.4 Å². The molecule has 1 saturated carbocycles. The zero-order chi connectivity index (χ0) is 16.6. The van der Waals surface area contributed by atoms with Gasteiger partial charge in [-0.15, -0.1) is 0 Å². The largest absolute Gasteiger partial charge is 0.387 e. The van der Waals surface area contributed by atoms with Crippen molar-refractivity contribution in [2.24, 2.45) is 0 Å². The summed E-state index contributed by atoms with van der Waals surface area (Å²) in [6.07, 6.45) is 5.71. The van der Waals surface area contributed by atoms with E-state index < -0.39 is 5.60 Å². The number of hydrogen-bond donors (Lipinski definition) is 2. The Morgan fingerprint density at radius 1 is 1.25 bits per heavy atom. The van der Waals surface area contributed by atoms with Crippen LogP contribution >= 0.6 is 0 Å². The first-order chi connectivity index (χ1) is 11.6. The predicted molar refractivity (Wildman–Crippen MR) is 92.4 cm³/mol. The van der Waals surface area contributed by atoms with Gasteiger partial charge in [-0.3, -0.25) is 4.90 Å². The maximum atomic E-state index is 10.8. The highest BCUT2D eigenvalue weighted by molar-refractivity contribution is 5.49. The van der Waals surface area contributed by atoms with Gasteiger partial charge in [0.25, 0.3) is 0 Å². The van der Waals surface area contributed by atoms with E-state index in [4.69, 9.17) is 14.7 Å². The highest BCUT2D eigenvalue weighted by Gasteiger charge is 2.31. The van der Waals surface area contributed by atoms with E-state index in [1.807, 2.05) is 6.92 Å². The minimum Gasteiger partial charge on any atom is -0.387 e. The highest BCUT2D eigenvalue weighted by atomic mass is 16.5. The summed E-state index contributed by atoms with van der Waals surface area (Å²) in [7, 11) is 0. The molecule has 1 saturated heterocycles. The van der Waals surface area contributed by atoms with E-state index >= 15 is 0 Å². The van der Waals surface area contributed by atoms with Gasteiger partial charge in [-0.2, -0.15) is 0 Å². The molecule has 0 bridgehead atoms. The van der Waals surface area contributed by atoms with Crippen molar-refractivity contribution in [1.29, 1.82) is 0 Å². The van der Waals surface area contributed by atoms with Crippen LogP contribution in [0.1, 0.15) is 49.2 Å². The number of nitrogens with one attached hydrogen (secondary N) is 1. The molecule has 2 heterocycles. The molecule has 6 nitrogen and oxygen atoms in total. The lowest BCUT2D eigenvalue weighted by atomic mass is 10.1. The molecule has 24 heavy (non-hydrogen) atoms. The van der Waals surface area contributed by atoms with Crippen LogP contribution in [0.2, 0.25) is 0 Å². The molecule has 1 aromatic rings. The van der Waals surface area contributed by atoms with Crippen molar-refractivity contribution in [3.8, 4) is 0 Å². The monoisotopic (exact) mass is 332 g/mol. The first-order valence-electron chi connectivity index (χ1n) is 9.27. The lowest BCUT2D eigenvalue weighted by Crippen LogP contribution is -2.49. The minimum atomic E-state index is -0.784. The van der Waals surface area contributed by atoms with E-state index in [1.54, 1.807) is 0 Å². The standard InChI is InChI=1S/C18H28N4O2/c1-18(23,12-22-7-9-24-10-8-22)11-19-17-14-3-2-4-15(14)20-16(21-17)13-5-6-13/h13,23H,2-12H2,1H3,(H,19,20,21)/t18-/m0/s1. The van der Waals surface area contributed by atoms with Crippen molar-refractivity contribution in [2.45, 2.75) is 50.5 Å². The second-order valence-electron chi connectivity index (χ2n) is 7.72. The van der Waals surface area contributed by atoms with E-state index in [2.05, 4.69) is 10.2 Å². The summed E-state index contributed by atoms with van der Waals surface area (Å²) in [4.78, 5) is 11.8. The zero-order valence-electron chi connectivity index (χ0n) is 14.6. The van der Waals surface area contributed by atoms with Crippen molar-refractivity contribution < 1.29 is 9.84 Å². The summed E-state index contributed by atoms with van der Waals surface area (Å²) >= 11 is 0. The molecule has 4 rings (SSSR count). The Hall–Kier alpha value is -1.24. The third kappa shape index (κ3) is 3.71. The van der Waals surface area contributed by atoms with Crippen LogP contribution in [0.3, 0.4) is 0 Å². The van der Waals surface area contributed by atoms with Crippen molar-refractivity contribution in [2.75, 3.05) is 44.7 Å². The number of aliphatic hydroxyl groups is 1. The third-order valence-electron chi connectivity index (χ3n) is 5.20. The third-order valence-corrected chi connectivity index (χ3v) is 5.20. The van der Waals surface area contributed by atoms with Crippen molar-refractivity contribution in [3.05, 3.63) is 17.1 Å². The van der Waals surface area contributed by atoms with Gasteiger partial charge in [0.05, 0.1) is 18.8 Å². The highest BCUT2D eigenvalue weighted by Crippen LogP contribution is 2.40. The quantitative estimate of drug-likeness (QED) is 0.819. The molecule has 2 fully saturated rings. The molecule has 0 radical (unpaired) electrons. The smallest absolute Gasteiger partial charge is 0.134 e. The van der Waals surface area contributed by atoms with Crippen LogP contribution in [-0.2, 0) is 17.6 Å². The second-order valence-corrected chi connectivity index (χ2v) is 7.72. The SMILES string of the molecule is C[C@](O)(CNc1nc(C2CC2)nc2c1CCC2)CN1CCOCC1. The topological polar surface area (TPSA) is 70.5 Å². The first kappa shape index (κ1) is 16.2. The van der Waals surface area contributed by atoms with E-state index in [-0.39, 0.29) is 0 Å². The fraction of sp³-hybridized carbons (Fsp3) is 0.778. The number of morpholine rings is 1. The fourth-order valence-electron chi connectivity index (χ4n) is 3.69. The lowest BCUT2D eigenvalue weighted by molar-refractivity contribution is -0.0164. The van der Waals surface area contributed by atoms with Crippen molar-refractivity contribution in [1.82, 2.24) is 14.9 Å². The molecule has 0 aromatic carbocycles. The number of β-amino-alcohol motifs (C(OH)–C–C–N with tert-alkyl or cyclic N) is 1. The van der Waals surface area contributed by atoms with Gasteiger partial charge in [0.2, 0.25) is 0 Å². The van der Waals surface area contributed by atoms with E-state index in [0.717, 1.165) is 57.2 Å². The molecule has 1 atom stereocenters. The van der Waals surface area contributed by atoms with Crippen molar-refractivity contribution >= 4 is 5.82 Å². The molecule has 0 spiro atoms. The van der Waals surface area contributed by atoms with Gasteiger partial charge in [0.1, 0.15) is 11.6 Å². The van der Waals surface area contributed by atoms with Gasteiger partial charge in [-0.25, -0.2) is 9.97 Å². The second kappa shape index (κ2) is 6.58. The average Bonchev–Trinajstić information content (AvgIpc) is 3.31. The summed E-state index contributed by atoms with van der Waals surface area (Å²) in [5, 5.41) is 14.2. The van der Waals surface area contributed by atoms with E-state index in [0.29, 0.717) is 19.0 Å². The molecule has 1 aromatic heterocycles. The fourth-order valence-corrected chi connectivity index (χ4v) is 3.69. The number of anilines is 1. The van der Waals surface area contributed by atoms with Crippen LogP contribution in [0.5, 0.6) is 0 Å². The maximum absolute atomic E-state index is 10.8. The van der Waals surface area contributed by atoms with Crippen molar-refractivity contribution in [3.63, 3.8) is 0 Å². The number of nitrogens with zero attached hydrogens (tertiary/aromatic N) is 3. The van der Waals surface area contributed by atoms with Crippen LogP contribution in [0.4, 0.5) is 5.82 Å². The Balaban J connectivity index is 1.43. The molecular weight excluding hydrogens is 304 g/mol. The van der Waals surface area contributed by atoms with E-state index in [1.165, 1.54) is 24.1 Å². The van der Waals surface area contributed by atoms with Crippen LogP contribution in [0.15, 0.2) is 0 Å². The van der Waals surface area contributed by atoms with Crippen LogP contribution in [0, 0.1) is 0 Å². The number of aromatic nitrogens is 2.